The van der Waals surface area contributed by atoms with Gasteiger partial charge in [0.1, 0.15) is 0 Å². The van der Waals surface area contributed by atoms with E-state index in [4.69, 9.17) is 9.47 Å². The third kappa shape index (κ3) is 5.83. The third-order valence-corrected chi connectivity index (χ3v) is 3.43. The largest absolute Gasteiger partial charge is 0.382 e. The van der Waals surface area contributed by atoms with Gasteiger partial charge in [0.15, 0.2) is 0 Å². The van der Waals surface area contributed by atoms with Crippen LogP contribution >= 0.6 is 0 Å². The van der Waals surface area contributed by atoms with Gasteiger partial charge in [0.05, 0.1) is 12.7 Å². The van der Waals surface area contributed by atoms with Crippen LogP contribution in [0.3, 0.4) is 0 Å². The summed E-state index contributed by atoms with van der Waals surface area (Å²) in [6.45, 7) is 1.59. The maximum absolute atomic E-state index is 5.35. The molecule has 3 nitrogen and oxygen atoms in total. The normalized spacial score (nSPS) is 21.4. The van der Waals surface area contributed by atoms with Crippen molar-refractivity contribution >= 4 is 0 Å². The highest BCUT2D eigenvalue weighted by molar-refractivity contribution is 4.72. The lowest BCUT2D eigenvalue weighted by atomic mass is 9.96. The second-order valence-electron chi connectivity index (χ2n) is 4.76. The van der Waals surface area contributed by atoms with Crippen LogP contribution in [0.15, 0.2) is 0 Å². The number of rotatable bonds is 6. The van der Waals surface area contributed by atoms with E-state index in [1.807, 2.05) is 0 Å². The summed E-state index contributed by atoms with van der Waals surface area (Å²) < 4.78 is 10.5. The first-order chi connectivity index (χ1) is 7.86. The molecule has 0 radical (unpaired) electrons. The highest BCUT2D eigenvalue weighted by Gasteiger charge is 2.13. The van der Waals surface area contributed by atoms with Crippen LogP contribution in [0.1, 0.15) is 44.9 Å². The van der Waals surface area contributed by atoms with Crippen molar-refractivity contribution in [3.63, 3.8) is 0 Å². The second kappa shape index (κ2) is 8.97. The molecule has 1 N–H and O–H groups in total. The summed E-state index contributed by atoms with van der Waals surface area (Å²) >= 11 is 0. The van der Waals surface area contributed by atoms with E-state index in [0.717, 1.165) is 6.54 Å². The molecule has 0 heterocycles. The molecule has 0 aromatic heterocycles. The first-order valence-corrected chi connectivity index (χ1v) is 6.62. The van der Waals surface area contributed by atoms with Crippen LogP contribution in [-0.2, 0) is 9.47 Å². The highest BCUT2D eigenvalue weighted by Crippen LogP contribution is 2.17. The van der Waals surface area contributed by atoms with Crippen LogP contribution in [-0.4, -0.2) is 39.5 Å². The molecule has 0 bridgehead atoms. The van der Waals surface area contributed by atoms with Gasteiger partial charge >= 0.3 is 0 Å². The van der Waals surface area contributed by atoms with E-state index in [1.54, 1.807) is 14.2 Å². The van der Waals surface area contributed by atoms with Crippen molar-refractivity contribution in [1.29, 1.82) is 0 Å². The van der Waals surface area contributed by atoms with Crippen molar-refractivity contribution < 1.29 is 9.47 Å². The monoisotopic (exact) mass is 229 g/mol. The fourth-order valence-electron chi connectivity index (χ4n) is 2.35. The maximum atomic E-state index is 5.35. The molecule has 96 valence electrons. The number of hydrogen-bond donors (Lipinski definition) is 1. The Morgan fingerprint density at radius 2 is 1.69 bits per heavy atom. The van der Waals surface area contributed by atoms with Crippen molar-refractivity contribution in [2.45, 2.75) is 57.1 Å². The van der Waals surface area contributed by atoms with E-state index in [2.05, 4.69) is 5.32 Å². The van der Waals surface area contributed by atoms with E-state index in [1.165, 1.54) is 44.9 Å². The SMILES string of the molecule is COCC(CNC1CCCCCCC1)OC. The summed E-state index contributed by atoms with van der Waals surface area (Å²) in [4.78, 5) is 0. The fraction of sp³-hybridized carbons (Fsp3) is 1.00. The first-order valence-electron chi connectivity index (χ1n) is 6.62. The van der Waals surface area contributed by atoms with Crippen LogP contribution in [0.25, 0.3) is 0 Å². The van der Waals surface area contributed by atoms with E-state index in [9.17, 15) is 0 Å². The van der Waals surface area contributed by atoms with Gasteiger partial charge in [0.2, 0.25) is 0 Å². The zero-order chi connectivity index (χ0) is 11.6. The van der Waals surface area contributed by atoms with E-state index >= 15 is 0 Å². The molecule has 3 heteroatoms. The van der Waals surface area contributed by atoms with Crippen LogP contribution in [0.4, 0.5) is 0 Å². The molecule has 1 aliphatic carbocycles. The van der Waals surface area contributed by atoms with Gasteiger partial charge in [0.25, 0.3) is 0 Å². The molecule has 0 amide bonds. The molecule has 1 atom stereocenters. The molecule has 0 aliphatic heterocycles. The summed E-state index contributed by atoms with van der Waals surface area (Å²) in [5.41, 5.74) is 0. The number of hydrogen-bond acceptors (Lipinski definition) is 3. The molecule has 0 aromatic carbocycles. The molecular formula is C13H27NO2. The van der Waals surface area contributed by atoms with Crippen molar-refractivity contribution in [1.82, 2.24) is 5.32 Å². The first kappa shape index (κ1) is 13.9. The summed E-state index contributed by atoms with van der Waals surface area (Å²) in [5.74, 6) is 0. The van der Waals surface area contributed by atoms with Gasteiger partial charge < -0.3 is 14.8 Å². The van der Waals surface area contributed by atoms with E-state index < -0.39 is 0 Å². The molecular weight excluding hydrogens is 202 g/mol. The van der Waals surface area contributed by atoms with Crippen LogP contribution in [0.2, 0.25) is 0 Å². The van der Waals surface area contributed by atoms with E-state index in [0.29, 0.717) is 12.6 Å². The zero-order valence-electron chi connectivity index (χ0n) is 10.8. The van der Waals surface area contributed by atoms with Crippen molar-refractivity contribution in [2.24, 2.45) is 0 Å². The standard InChI is InChI=1S/C13H27NO2/c1-15-11-13(16-2)10-14-12-8-6-4-3-5-7-9-12/h12-14H,3-11H2,1-2H3. The summed E-state index contributed by atoms with van der Waals surface area (Å²) in [6.07, 6.45) is 9.83. The molecule has 1 rings (SSSR count). The van der Waals surface area contributed by atoms with Gasteiger partial charge in [-0.15, -0.1) is 0 Å². The van der Waals surface area contributed by atoms with Gasteiger partial charge in [-0.1, -0.05) is 32.1 Å². The van der Waals surface area contributed by atoms with E-state index in [-0.39, 0.29) is 6.10 Å². The average molecular weight is 229 g/mol. The maximum Gasteiger partial charge on any atom is 0.0928 e. The number of methoxy groups -OCH3 is 2. The molecule has 0 spiro atoms. The minimum Gasteiger partial charge on any atom is -0.382 e. The molecule has 0 saturated heterocycles. The number of ether oxygens (including phenoxy) is 2. The zero-order valence-corrected chi connectivity index (χ0v) is 10.8. The van der Waals surface area contributed by atoms with Gasteiger partial charge in [-0.05, 0) is 12.8 Å². The van der Waals surface area contributed by atoms with Gasteiger partial charge in [-0.3, -0.25) is 0 Å². The highest BCUT2D eigenvalue weighted by atomic mass is 16.5. The predicted octanol–water partition coefficient (Wildman–Crippen LogP) is 2.35. The average Bonchev–Trinajstić information content (AvgIpc) is 2.26. The Kier molecular flexibility index (Phi) is 7.81. The smallest absolute Gasteiger partial charge is 0.0928 e. The summed E-state index contributed by atoms with van der Waals surface area (Å²) in [5, 5.41) is 3.62. The predicted molar refractivity (Wildman–Crippen MR) is 66.8 cm³/mol. The second-order valence-corrected chi connectivity index (χ2v) is 4.76. The minimum absolute atomic E-state index is 0.190. The summed E-state index contributed by atoms with van der Waals surface area (Å²) in [7, 11) is 3.48. The lowest BCUT2D eigenvalue weighted by molar-refractivity contribution is 0.0268. The Bertz CT molecular complexity index is 156. The topological polar surface area (TPSA) is 30.5 Å². The molecule has 1 saturated carbocycles. The van der Waals surface area contributed by atoms with Gasteiger partial charge in [-0.2, -0.15) is 0 Å². The Balaban J connectivity index is 2.17. The van der Waals surface area contributed by atoms with Crippen LogP contribution in [0.5, 0.6) is 0 Å². The Morgan fingerprint density at radius 3 is 2.25 bits per heavy atom. The molecule has 16 heavy (non-hydrogen) atoms. The minimum atomic E-state index is 0.190. The van der Waals surface area contributed by atoms with Crippen molar-refractivity contribution in [3.05, 3.63) is 0 Å². The van der Waals surface area contributed by atoms with Crippen LogP contribution < -0.4 is 5.32 Å². The molecule has 1 aliphatic rings. The van der Waals surface area contributed by atoms with Gasteiger partial charge in [-0.25, -0.2) is 0 Å². The van der Waals surface area contributed by atoms with Crippen molar-refractivity contribution in [3.8, 4) is 0 Å². The van der Waals surface area contributed by atoms with Crippen molar-refractivity contribution in [2.75, 3.05) is 27.4 Å². The fourth-order valence-corrected chi connectivity index (χ4v) is 2.35. The molecule has 0 aromatic rings. The Labute approximate surface area is 99.9 Å². The molecule has 1 unspecified atom stereocenters. The Hall–Kier alpha value is -0.120. The van der Waals surface area contributed by atoms with Crippen LogP contribution in [0, 0.1) is 0 Å². The summed E-state index contributed by atoms with van der Waals surface area (Å²) in [6, 6.07) is 0.690. The number of nitrogens with one attached hydrogen (secondary N) is 1. The lowest BCUT2D eigenvalue weighted by Crippen LogP contribution is -2.38. The Morgan fingerprint density at radius 1 is 1.06 bits per heavy atom. The quantitative estimate of drug-likeness (QED) is 0.758. The lowest BCUT2D eigenvalue weighted by Gasteiger charge is -2.23. The van der Waals surface area contributed by atoms with Gasteiger partial charge in [0, 0.05) is 26.8 Å². The third-order valence-electron chi connectivity index (χ3n) is 3.43. The molecule has 1 fully saturated rings.